The largest absolute Gasteiger partial charge is 0.388 e. The minimum Gasteiger partial charge on any atom is -0.388 e. The summed E-state index contributed by atoms with van der Waals surface area (Å²) in [5, 5.41) is 14.1. The first-order valence-corrected chi connectivity index (χ1v) is 8.69. The van der Waals surface area contributed by atoms with Crippen LogP contribution in [0.15, 0.2) is 4.90 Å². The molecular formula is C11H21N3O3S2. The third-order valence-corrected chi connectivity index (χ3v) is 5.37. The molecule has 0 spiro atoms. The van der Waals surface area contributed by atoms with Gasteiger partial charge in [0, 0.05) is 19.3 Å². The quantitative estimate of drug-likeness (QED) is 0.796. The Hall–Kier alpha value is -0.570. The van der Waals surface area contributed by atoms with Gasteiger partial charge < -0.3 is 5.11 Å². The molecule has 0 bridgehead atoms. The zero-order valence-electron chi connectivity index (χ0n) is 11.9. The van der Waals surface area contributed by atoms with Crippen LogP contribution in [0.2, 0.25) is 0 Å². The molecule has 0 aromatic carbocycles. The second-order valence-electron chi connectivity index (χ2n) is 4.88. The molecule has 1 atom stereocenters. The Labute approximate surface area is 118 Å². The second-order valence-corrected chi connectivity index (χ2v) is 7.45. The molecular weight excluding hydrogens is 286 g/mol. The van der Waals surface area contributed by atoms with Crippen molar-refractivity contribution in [3.8, 4) is 0 Å². The fourth-order valence-corrected chi connectivity index (χ4v) is 4.15. The molecule has 1 rings (SSSR count). The lowest BCUT2D eigenvalue weighted by Crippen LogP contribution is -2.42. The van der Waals surface area contributed by atoms with Crippen molar-refractivity contribution in [2.45, 2.75) is 31.3 Å². The van der Waals surface area contributed by atoms with Crippen LogP contribution in [0.25, 0.3) is 0 Å². The molecule has 110 valence electrons. The molecule has 0 saturated heterocycles. The highest BCUT2D eigenvalue weighted by Crippen LogP contribution is 2.19. The topological polar surface area (TPSA) is 84.2 Å². The van der Waals surface area contributed by atoms with Crippen molar-refractivity contribution in [2.24, 2.45) is 7.05 Å². The van der Waals surface area contributed by atoms with Crippen molar-refractivity contribution in [3.63, 3.8) is 0 Å². The fourth-order valence-electron chi connectivity index (χ4n) is 1.83. The number of hydrogen-bond donors (Lipinski definition) is 2. The average Bonchev–Trinajstić information content (AvgIpc) is 2.51. The zero-order chi connectivity index (χ0) is 14.8. The van der Waals surface area contributed by atoms with Gasteiger partial charge in [0.15, 0.2) is 0 Å². The highest BCUT2D eigenvalue weighted by Gasteiger charge is 2.27. The second kappa shape index (κ2) is 5.82. The van der Waals surface area contributed by atoms with Crippen molar-refractivity contribution in [2.75, 3.05) is 18.6 Å². The Morgan fingerprint density at radius 2 is 2.05 bits per heavy atom. The van der Waals surface area contributed by atoms with E-state index < -0.39 is 15.6 Å². The monoisotopic (exact) mass is 307 g/mol. The molecule has 19 heavy (non-hydrogen) atoms. The van der Waals surface area contributed by atoms with Crippen molar-refractivity contribution in [3.05, 3.63) is 11.4 Å². The molecule has 6 nitrogen and oxygen atoms in total. The molecule has 1 aromatic heterocycles. The maximum atomic E-state index is 12.3. The predicted molar refractivity (Wildman–Crippen MR) is 76.9 cm³/mol. The number of aryl methyl sites for hydroxylation is 2. The van der Waals surface area contributed by atoms with E-state index in [0.29, 0.717) is 17.1 Å². The summed E-state index contributed by atoms with van der Waals surface area (Å²) in [5.74, 6) is 0.459. The summed E-state index contributed by atoms with van der Waals surface area (Å²) in [6.45, 7) is 4.94. The van der Waals surface area contributed by atoms with E-state index in [1.165, 1.54) is 16.4 Å². The van der Waals surface area contributed by atoms with E-state index >= 15 is 0 Å². The van der Waals surface area contributed by atoms with Gasteiger partial charge >= 0.3 is 0 Å². The Morgan fingerprint density at radius 1 is 1.47 bits per heavy atom. The number of nitrogens with one attached hydrogen (secondary N) is 1. The predicted octanol–water partition coefficient (Wildman–Crippen LogP) is 0.429. The number of hydrogen-bond acceptors (Lipinski definition) is 5. The first-order valence-electron chi connectivity index (χ1n) is 5.82. The summed E-state index contributed by atoms with van der Waals surface area (Å²) < 4.78 is 28.5. The number of aliphatic hydroxyl groups is 1. The van der Waals surface area contributed by atoms with Gasteiger partial charge in [0.25, 0.3) is 0 Å². The summed E-state index contributed by atoms with van der Waals surface area (Å²) in [6.07, 6.45) is 1.86. The molecule has 0 radical (unpaired) electrons. The maximum Gasteiger partial charge on any atom is 0.244 e. The van der Waals surface area contributed by atoms with Gasteiger partial charge in [0.05, 0.1) is 17.0 Å². The molecule has 1 aromatic rings. The minimum absolute atomic E-state index is 0.0239. The third kappa shape index (κ3) is 3.95. The van der Waals surface area contributed by atoms with Crippen LogP contribution in [-0.4, -0.2) is 47.5 Å². The molecule has 8 heteroatoms. The van der Waals surface area contributed by atoms with Crippen molar-refractivity contribution < 1.29 is 13.5 Å². The summed E-state index contributed by atoms with van der Waals surface area (Å²) >= 11 is 1.46. The zero-order valence-corrected chi connectivity index (χ0v) is 13.5. The van der Waals surface area contributed by atoms with Crippen molar-refractivity contribution in [1.29, 1.82) is 0 Å². The average molecular weight is 307 g/mol. The summed E-state index contributed by atoms with van der Waals surface area (Å²) in [6, 6.07) is 0. The van der Waals surface area contributed by atoms with E-state index in [9.17, 15) is 13.5 Å². The van der Waals surface area contributed by atoms with E-state index in [2.05, 4.69) is 9.82 Å². The molecule has 0 amide bonds. The molecule has 0 saturated carbocycles. The number of aromatic nitrogens is 2. The van der Waals surface area contributed by atoms with E-state index in [4.69, 9.17) is 0 Å². The molecule has 2 N–H and O–H groups in total. The molecule has 0 aliphatic carbocycles. The van der Waals surface area contributed by atoms with Crippen LogP contribution in [0.3, 0.4) is 0 Å². The van der Waals surface area contributed by atoms with E-state index in [0.717, 1.165) is 0 Å². The smallest absolute Gasteiger partial charge is 0.244 e. The fraction of sp³-hybridized carbons (Fsp3) is 0.727. The van der Waals surface area contributed by atoms with Crippen LogP contribution in [0, 0.1) is 13.8 Å². The highest BCUT2D eigenvalue weighted by molar-refractivity contribution is 7.98. The lowest BCUT2D eigenvalue weighted by molar-refractivity contribution is 0.0908. The Balaban J connectivity index is 2.94. The molecule has 0 aliphatic heterocycles. The van der Waals surface area contributed by atoms with Gasteiger partial charge in [0.1, 0.15) is 4.90 Å². The van der Waals surface area contributed by atoms with Gasteiger partial charge in [-0.3, -0.25) is 4.68 Å². The van der Waals surface area contributed by atoms with Crippen LogP contribution < -0.4 is 4.72 Å². The van der Waals surface area contributed by atoms with E-state index in [-0.39, 0.29) is 11.4 Å². The number of thioether (sulfide) groups is 1. The molecule has 0 fully saturated rings. The van der Waals surface area contributed by atoms with Gasteiger partial charge in [-0.15, -0.1) is 0 Å². The summed E-state index contributed by atoms with van der Waals surface area (Å²) in [5.41, 5.74) is -0.0391. The first kappa shape index (κ1) is 16.5. The Kier molecular flexibility index (Phi) is 5.05. The van der Waals surface area contributed by atoms with Gasteiger partial charge in [0.2, 0.25) is 10.0 Å². The van der Waals surface area contributed by atoms with Gasteiger partial charge in [-0.1, -0.05) is 0 Å². The summed E-state index contributed by atoms with van der Waals surface area (Å²) in [4.78, 5) is 0.190. The maximum absolute atomic E-state index is 12.3. The SMILES string of the molecule is CSCC(C)(O)CNS(=O)(=O)c1c(C)nn(C)c1C. The summed E-state index contributed by atoms with van der Waals surface area (Å²) in [7, 11) is -1.96. The van der Waals surface area contributed by atoms with E-state index in [1.54, 1.807) is 27.8 Å². The highest BCUT2D eigenvalue weighted by atomic mass is 32.2. The number of rotatable bonds is 6. The normalized spacial score (nSPS) is 15.5. The first-order chi connectivity index (χ1) is 8.60. The Morgan fingerprint density at radius 3 is 2.47 bits per heavy atom. The van der Waals surface area contributed by atoms with Crippen LogP contribution in [0.5, 0.6) is 0 Å². The Bertz CT molecular complexity index is 550. The number of nitrogens with zero attached hydrogens (tertiary/aromatic N) is 2. The minimum atomic E-state index is -3.65. The van der Waals surface area contributed by atoms with E-state index in [1.807, 2.05) is 6.26 Å². The molecule has 1 unspecified atom stereocenters. The van der Waals surface area contributed by atoms with Crippen molar-refractivity contribution in [1.82, 2.24) is 14.5 Å². The van der Waals surface area contributed by atoms with Crippen molar-refractivity contribution >= 4 is 21.8 Å². The molecule has 1 heterocycles. The van der Waals surface area contributed by atoms with Crippen LogP contribution in [0.4, 0.5) is 0 Å². The third-order valence-electron chi connectivity index (χ3n) is 2.81. The van der Waals surface area contributed by atoms with Crippen LogP contribution in [0.1, 0.15) is 18.3 Å². The standard InChI is InChI=1S/C11H21N3O3S2/c1-8-10(9(2)14(4)13-8)19(16,17)12-6-11(3,15)7-18-5/h12,15H,6-7H2,1-5H3. The number of sulfonamides is 1. The van der Waals surface area contributed by atoms with Gasteiger partial charge in [-0.2, -0.15) is 16.9 Å². The van der Waals surface area contributed by atoms with Gasteiger partial charge in [-0.05, 0) is 27.0 Å². The molecule has 0 aliphatic rings. The lowest BCUT2D eigenvalue weighted by Gasteiger charge is -2.22. The van der Waals surface area contributed by atoms with Crippen LogP contribution >= 0.6 is 11.8 Å². The lowest BCUT2D eigenvalue weighted by atomic mass is 10.1. The van der Waals surface area contributed by atoms with Crippen LogP contribution in [-0.2, 0) is 17.1 Å². The van der Waals surface area contributed by atoms with Gasteiger partial charge in [-0.25, -0.2) is 13.1 Å².